The van der Waals surface area contributed by atoms with Crippen LogP contribution in [0.3, 0.4) is 0 Å². The molecule has 2 heterocycles. The molecule has 0 aromatic carbocycles. The number of carboxylic acids is 1. The molecule has 0 atom stereocenters. The summed E-state index contributed by atoms with van der Waals surface area (Å²) in [5, 5.41) is 8.37. The second-order valence-corrected chi connectivity index (χ2v) is 6.31. The highest BCUT2D eigenvalue weighted by molar-refractivity contribution is 7.91. The Kier molecular flexibility index (Phi) is 3.44. The van der Waals surface area contributed by atoms with Crippen LogP contribution in [0.2, 0.25) is 0 Å². The van der Waals surface area contributed by atoms with Crippen molar-refractivity contribution >= 4 is 21.5 Å². The molecule has 0 aliphatic rings. The summed E-state index contributed by atoms with van der Waals surface area (Å²) < 4.78 is 62.5. The van der Waals surface area contributed by atoms with Crippen molar-refractivity contribution < 1.29 is 31.5 Å². The van der Waals surface area contributed by atoms with E-state index in [1.54, 1.807) is 0 Å². The summed E-state index contributed by atoms with van der Waals surface area (Å²) in [5.74, 6) is -2.03. The predicted octanol–water partition coefficient (Wildman–Crippen LogP) is 1.84. The number of hydrogen-bond donors (Lipinski definition) is 1. The third-order valence-corrected chi connectivity index (χ3v) is 4.53. The minimum absolute atomic E-state index is 0.394. The second-order valence-electron chi connectivity index (χ2n) is 4.12. The highest BCUT2D eigenvalue weighted by Gasteiger charge is 2.33. The van der Waals surface area contributed by atoms with Crippen molar-refractivity contribution in [2.75, 3.05) is 5.75 Å². The fraction of sp³-hybridized carbons (Fsp3) is 0.273. The Labute approximate surface area is 116 Å². The van der Waals surface area contributed by atoms with Crippen LogP contribution in [-0.4, -0.2) is 34.6 Å². The van der Waals surface area contributed by atoms with Crippen LogP contribution in [0.4, 0.5) is 13.2 Å². The topological polar surface area (TPSA) is 88.7 Å². The number of hydrogen-bond acceptors (Lipinski definition) is 4. The van der Waals surface area contributed by atoms with Crippen LogP contribution in [-0.2, 0) is 16.0 Å². The van der Waals surface area contributed by atoms with Gasteiger partial charge in [0, 0.05) is 6.20 Å². The van der Waals surface area contributed by atoms with Crippen molar-refractivity contribution in [2.45, 2.75) is 18.1 Å². The molecular weight excluding hydrogens is 313 g/mol. The number of fused-ring (bicyclic) bond motifs is 1. The molecule has 0 aliphatic heterocycles. The number of halogens is 3. The highest BCUT2D eigenvalue weighted by Crippen LogP contribution is 2.31. The third kappa shape index (κ3) is 2.58. The van der Waals surface area contributed by atoms with E-state index in [4.69, 9.17) is 5.11 Å². The molecule has 21 heavy (non-hydrogen) atoms. The van der Waals surface area contributed by atoms with E-state index in [-0.39, 0.29) is 0 Å². The molecule has 2 aromatic rings. The Bertz CT molecular complexity index is 824. The summed E-state index contributed by atoms with van der Waals surface area (Å²) in [6, 6.07) is 1.26. The summed E-state index contributed by atoms with van der Waals surface area (Å²) in [7, 11) is -3.97. The number of aromatic nitrogens is 2. The Morgan fingerprint density at radius 3 is 2.52 bits per heavy atom. The van der Waals surface area contributed by atoms with E-state index in [1.807, 2.05) is 0 Å². The number of nitrogens with zero attached hydrogens (tertiary/aromatic N) is 2. The Morgan fingerprint density at radius 2 is 2.05 bits per heavy atom. The molecule has 0 radical (unpaired) electrons. The fourth-order valence-corrected chi connectivity index (χ4v) is 2.93. The summed E-state index contributed by atoms with van der Waals surface area (Å²) >= 11 is 0. The first kappa shape index (κ1) is 15.3. The van der Waals surface area contributed by atoms with Gasteiger partial charge in [0.05, 0.1) is 11.3 Å². The van der Waals surface area contributed by atoms with Gasteiger partial charge in [-0.05, 0) is 12.1 Å². The monoisotopic (exact) mass is 322 g/mol. The lowest BCUT2D eigenvalue weighted by atomic mass is 10.2. The van der Waals surface area contributed by atoms with E-state index >= 15 is 0 Å². The van der Waals surface area contributed by atoms with Crippen molar-refractivity contribution in [3.05, 3.63) is 29.6 Å². The van der Waals surface area contributed by atoms with Crippen molar-refractivity contribution in [3.8, 4) is 0 Å². The lowest BCUT2D eigenvalue weighted by Crippen LogP contribution is -2.13. The van der Waals surface area contributed by atoms with Gasteiger partial charge in [0.15, 0.2) is 20.6 Å². The molecule has 0 bridgehead atoms. The van der Waals surface area contributed by atoms with Gasteiger partial charge in [-0.1, -0.05) is 6.92 Å². The highest BCUT2D eigenvalue weighted by atomic mass is 32.2. The number of alkyl halides is 3. The zero-order valence-corrected chi connectivity index (χ0v) is 11.4. The first-order valence-electron chi connectivity index (χ1n) is 5.63. The number of sulfone groups is 1. The van der Waals surface area contributed by atoms with Crippen molar-refractivity contribution in [1.82, 2.24) is 9.38 Å². The molecule has 10 heteroatoms. The van der Waals surface area contributed by atoms with Crippen molar-refractivity contribution in [3.63, 3.8) is 0 Å². The van der Waals surface area contributed by atoms with Gasteiger partial charge in [-0.25, -0.2) is 18.2 Å². The van der Waals surface area contributed by atoms with Gasteiger partial charge in [-0.15, -0.1) is 0 Å². The van der Waals surface area contributed by atoms with Gasteiger partial charge < -0.3 is 5.11 Å². The fourth-order valence-electron chi connectivity index (χ4n) is 1.77. The number of imidazole rings is 1. The van der Waals surface area contributed by atoms with Crippen LogP contribution in [0.5, 0.6) is 0 Å². The molecule has 2 aromatic heterocycles. The number of rotatable bonds is 3. The first-order valence-corrected chi connectivity index (χ1v) is 7.28. The first-order chi connectivity index (χ1) is 9.58. The van der Waals surface area contributed by atoms with Gasteiger partial charge in [0.2, 0.25) is 0 Å². The van der Waals surface area contributed by atoms with Crippen molar-refractivity contribution in [2.24, 2.45) is 0 Å². The number of aromatic carboxylic acids is 1. The van der Waals surface area contributed by atoms with Gasteiger partial charge in [-0.2, -0.15) is 13.2 Å². The summed E-state index contributed by atoms with van der Waals surface area (Å²) in [6.07, 6.45) is -3.79. The lowest BCUT2D eigenvalue weighted by molar-refractivity contribution is -0.137. The van der Waals surface area contributed by atoms with E-state index in [9.17, 15) is 26.4 Å². The van der Waals surface area contributed by atoms with Crippen LogP contribution in [0, 0.1) is 0 Å². The van der Waals surface area contributed by atoms with Crippen molar-refractivity contribution in [1.29, 1.82) is 0 Å². The Balaban J connectivity index is 2.85. The normalized spacial score (nSPS) is 12.8. The SMILES string of the molecule is CCS(=O)(=O)c1c(C(=O)O)nc2cc(C(F)(F)F)ccn12. The Hall–Kier alpha value is -2.10. The van der Waals surface area contributed by atoms with Crippen LogP contribution in [0.1, 0.15) is 23.0 Å². The average Bonchev–Trinajstić information content (AvgIpc) is 2.76. The zero-order chi connectivity index (χ0) is 16.0. The van der Waals surface area contributed by atoms with E-state index in [2.05, 4.69) is 4.98 Å². The quantitative estimate of drug-likeness (QED) is 0.931. The predicted molar refractivity (Wildman–Crippen MR) is 64.9 cm³/mol. The molecule has 2 rings (SSSR count). The Morgan fingerprint density at radius 1 is 1.43 bits per heavy atom. The van der Waals surface area contributed by atoms with Gasteiger partial charge in [0.1, 0.15) is 5.65 Å². The van der Waals surface area contributed by atoms with E-state index in [0.717, 1.165) is 10.6 Å². The minimum Gasteiger partial charge on any atom is -0.476 e. The lowest BCUT2D eigenvalue weighted by Gasteiger charge is -2.07. The molecular formula is C11H9F3N2O4S. The minimum atomic E-state index is -4.64. The number of carbonyl (C=O) groups is 1. The van der Waals surface area contributed by atoms with Crippen LogP contribution in [0.25, 0.3) is 5.65 Å². The van der Waals surface area contributed by atoms with E-state index < -0.39 is 49.7 Å². The summed E-state index contributed by atoms with van der Waals surface area (Å²) in [6.45, 7) is 1.30. The maximum Gasteiger partial charge on any atom is 0.416 e. The second kappa shape index (κ2) is 4.72. The number of carboxylic acid groups (broad SMARTS) is 1. The molecule has 0 aliphatic carbocycles. The molecule has 114 valence electrons. The smallest absolute Gasteiger partial charge is 0.416 e. The molecule has 0 saturated carbocycles. The van der Waals surface area contributed by atoms with Gasteiger partial charge in [-0.3, -0.25) is 4.40 Å². The number of pyridine rings is 1. The maximum atomic E-state index is 12.6. The largest absolute Gasteiger partial charge is 0.476 e. The molecule has 6 nitrogen and oxygen atoms in total. The summed E-state index contributed by atoms with van der Waals surface area (Å²) in [5.41, 5.74) is -2.23. The molecule has 1 N–H and O–H groups in total. The molecule has 0 unspecified atom stereocenters. The van der Waals surface area contributed by atoms with Crippen LogP contribution in [0.15, 0.2) is 23.4 Å². The molecule has 0 fully saturated rings. The molecule has 0 spiro atoms. The van der Waals surface area contributed by atoms with Crippen LogP contribution >= 0.6 is 0 Å². The molecule has 0 amide bonds. The zero-order valence-electron chi connectivity index (χ0n) is 10.5. The van der Waals surface area contributed by atoms with E-state index in [1.165, 1.54) is 6.92 Å². The third-order valence-electron chi connectivity index (χ3n) is 2.79. The van der Waals surface area contributed by atoms with E-state index in [0.29, 0.717) is 12.1 Å². The standard InChI is InChI=1S/C11H9F3N2O4S/c1-2-21(19,20)9-8(10(17)18)15-7-5-6(11(12,13)14)3-4-16(7)9/h3-5H,2H2,1H3,(H,17,18). The summed E-state index contributed by atoms with van der Waals surface area (Å²) in [4.78, 5) is 14.6. The maximum absolute atomic E-state index is 12.6. The molecule has 0 saturated heterocycles. The average molecular weight is 322 g/mol. The van der Waals surface area contributed by atoms with Crippen LogP contribution < -0.4 is 0 Å². The van der Waals surface area contributed by atoms with Gasteiger partial charge in [0.25, 0.3) is 0 Å². The van der Waals surface area contributed by atoms with Gasteiger partial charge >= 0.3 is 12.1 Å².